The third-order valence-electron chi connectivity index (χ3n) is 5.86. The monoisotopic (exact) mass is 373 g/mol. The highest BCUT2D eigenvalue weighted by atomic mass is 19.1. The van der Waals surface area contributed by atoms with Crippen molar-refractivity contribution >= 4 is 17.6 Å². The molecule has 7 heteroatoms. The minimum atomic E-state index is -0.605. The van der Waals surface area contributed by atoms with Crippen molar-refractivity contribution in [3.63, 3.8) is 0 Å². The molecular formula is C20H28FN5O. The molecule has 0 aromatic heterocycles. The lowest BCUT2D eigenvalue weighted by Crippen LogP contribution is -2.58. The topological polar surface area (TPSA) is 89.2 Å². The van der Waals surface area contributed by atoms with Crippen LogP contribution in [0.1, 0.15) is 64.2 Å². The first-order valence-corrected chi connectivity index (χ1v) is 10.0. The first kappa shape index (κ1) is 18.1. The van der Waals surface area contributed by atoms with Gasteiger partial charge in [-0.2, -0.15) is 4.99 Å². The van der Waals surface area contributed by atoms with Crippen molar-refractivity contribution in [1.29, 1.82) is 0 Å². The van der Waals surface area contributed by atoms with E-state index in [0.717, 1.165) is 44.9 Å². The Morgan fingerprint density at radius 2 is 1.74 bits per heavy atom. The number of rotatable bonds is 3. The Hall–Kier alpha value is -2.31. The summed E-state index contributed by atoms with van der Waals surface area (Å²) in [5.74, 6) is 0.754. The van der Waals surface area contributed by atoms with E-state index in [-0.39, 0.29) is 23.8 Å². The van der Waals surface area contributed by atoms with Crippen molar-refractivity contribution in [3.05, 3.63) is 24.0 Å². The standard InChI is InChI=1S/C20H28FN5O/c21-14-9-10-17(27-15-7-3-1-4-8-15)16(13-14)26-19(23)24-18(22)25-20(26)11-5-2-6-12-20/h9-10,13,15H,1-8,11-12H2,(H4,22,23,24,25). The second kappa shape index (κ2) is 7.37. The molecule has 6 nitrogen and oxygen atoms in total. The molecule has 1 aliphatic heterocycles. The predicted octanol–water partition coefficient (Wildman–Crippen LogP) is 3.65. The van der Waals surface area contributed by atoms with Crippen molar-refractivity contribution in [2.75, 3.05) is 4.90 Å². The number of benzene rings is 1. The van der Waals surface area contributed by atoms with Crippen LogP contribution in [0.2, 0.25) is 0 Å². The van der Waals surface area contributed by atoms with Gasteiger partial charge in [0.2, 0.25) is 11.9 Å². The molecule has 2 saturated carbocycles. The highest BCUT2D eigenvalue weighted by molar-refractivity contribution is 6.06. The molecule has 0 bridgehead atoms. The molecular weight excluding hydrogens is 345 g/mol. The van der Waals surface area contributed by atoms with Gasteiger partial charge in [-0.05, 0) is 63.5 Å². The molecule has 4 N–H and O–H groups in total. The lowest BCUT2D eigenvalue weighted by atomic mass is 9.87. The first-order chi connectivity index (χ1) is 13.1. The maximum atomic E-state index is 14.2. The van der Waals surface area contributed by atoms with Crippen molar-refractivity contribution in [3.8, 4) is 5.75 Å². The third-order valence-corrected chi connectivity index (χ3v) is 5.86. The van der Waals surface area contributed by atoms with Crippen LogP contribution in [-0.2, 0) is 0 Å². The van der Waals surface area contributed by atoms with Crippen LogP contribution in [0.5, 0.6) is 5.75 Å². The van der Waals surface area contributed by atoms with Crippen LogP contribution in [0.25, 0.3) is 0 Å². The second-order valence-electron chi connectivity index (χ2n) is 7.81. The van der Waals surface area contributed by atoms with Gasteiger partial charge in [0, 0.05) is 6.07 Å². The van der Waals surface area contributed by atoms with Gasteiger partial charge in [0.1, 0.15) is 17.2 Å². The molecule has 0 radical (unpaired) electrons. The third kappa shape index (κ3) is 3.59. The van der Waals surface area contributed by atoms with Gasteiger partial charge in [0.05, 0.1) is 11.8 Å². The summed E-state index contributed by atoms with van der Waals surface area (Å²) in [6.45, 7) is 0. The lowest BCUT2D eigenvalue weighted by Gasteiger charge is -2.46. The molecule has 1 heterocycles. The lowest BCUT2D eigenvalue weighted by molar-refractivity contribution is 0.154. The number of ether oxygens (including phenoxy) is 1. The Morgan fingerprint density at radius 1 is 1.04 bits per heavy atom. The number of anilines is 1. The van der Waals surface area contributed by atoms with E-state index in [1.165, 1.54) is 31.4 Å². The fourth-order valence-corrected chi connectivity index (χ4v) is 4.60. The summed E-state index contributed by atoms with van der Waals surface area (Å²) in [5, 5.41) is 0. The summed E-state index contributed by atoms with van der Waals surface area (Å²) in [6, 6.07) is 4.61. The maximum absolute atomic E-state index is 14.2. The van der Waals surface area contributed by atoms with E-state index >= 15 is 0 Å². The average Bonchev–Trinajstić information content (AvgIpc) is 2.65. The highest BCUT2D eigenvalue weighted by Crippen LogP contribution is 2.43. The van der Waals surface area contributed by atoms with Gasteiger partial charge in [-0.25, -0.2) is 9.38 Å². The molecule has 0 unspecified atom stereocenters. The fraction of sp³-hybridized carbons (Fsp3) is 0.600. The normalized spacial score (nSPS) is 23.1. The second-order valence-corrected chi connectivity index (χ2v) is 7.81. The largest absolute Gasteiger partial charge is 0.488 e. The first-order valence-electron chi connectivity index (χ1n) is 10.0. The molecule has 146 valence electrons. The van der Waals surface area contributed by atoms with E-state index in [1.807, 2.05) is 4.90 Å². The van der Waals surface area contributed by atoms with Crippen LogP contribution >= 0.6 is 0 Å². The van der Waals surface area contributed by atoms with Crippen molar-refractivity contribution < 1.29 is 9.13 Å². The molecule has 3 aliphatic rings. The van der Waals surface area contributed by atoms with Gasteiger partial charge in [0.15, 0.2) is 0 Å². The van der Waals surface area contributed by atoms with E-state index in [2.05, 4.69) is 9.98 Å². The summed E-state index contributed by atoms with van der Waals surface area (Å²) in [5.41, 5.74) is 12.2. The SMILES string of the molecule is NC1=NC2(CCCCC2)N(c2cc(F)ccc2OC2CCCCC2)C(N)=N1. The maximum Gasteiger partial charge on any atom is 0.220 e. The molecule has 0 amide bonds. The number of hydrogen-bond donors (Lipinski definition) is 2. The van der Waals surface area contributed by atoms with Crippen LogP contribution < -0.4 is 21.1 Å². The molecule has 27 heavy (non-hydrogen) atoms. The van der Waals surface area contributed by atoms with Gasteiger partial charge in [0.25, 0.3) is 0 Å². The van der Waals surface area contributed by atoms with Gasteiger partial charge in [-0.1, -0.05) is 12.8 Å². The Morgan fingerprint density at radius 3 is 2.48 bits per heavy atom. The summed E-state index contributed by atoms with van der Waals surface area (Å²) < 4.78 is 20.5. The smallest absolute Gasteiger partial charge is 0.220 e. The number of nitrogens with two attached hydrogens (primary N) is 2. The number of hydrogen-bond acceptors (Lipinski definition) is 6. The molecule has 2 fully saturated rings. The van der Waals surface area contributed by atoms with Crippen LogP contribution in [0.3, 0.4) is 0 Å². The van der Waals surface area contributed by atoms with E-state index in [4.69, 9.17) is 16.2 Å². The Bertz CT molecular complexity index is 751. The Balaban J connectivity index is 1.73. The average molecular weight is 373 g/mol. The van der Waals surface area contributed by atoms with Crippen molar-refractivity contribution in [2.24, 2.45) is 21.5 Å². The molecule has 0 saturated heterocycles. The van der Waals surface area contributed by atoms with Crippen LogP contribution in [-0.4, -0.2) is 23.7 Å². The minimum Gasteiger partial charge on any atom is -0.488 e. The van der Waals surface area contributed by atoms with Crippen molar-refractivity contribution in [2.45, 2.75) is 76.0 Å². The molecule has 0 atom stereocenters. The zero-order chi connectivity index (χ0) is 18.9. The van der Waals surface area contributed by atoms with Crippen LogP contribution in [0, 0.1) is 5.82 Å². The molecule has 1 aromatic rings. The summed E-state index contributed by atoms with van der Waals surface area (Å²) in [7, 11) is 0. The Kier molecular flexibility index (Phi) is 4.93. The van der Waals surface area contributed by atoms with E-state index in [9.17, 15) is 4.39 Å². The zero-order valence-corrected chi connectivity index (χ0v) is 15.7. The molecule has 1 spiro atoms. The van der Waals surface area contributed by atoms with E-state index in [1.54, 1.807) is 6.07 Å². The van der Waals surface area contributed by atoms with Crippen LogP contribution in [0.15, 0.2) is 28.2 Å². The van der Waals surface area contributed by atoms with Crippen molar-refractivity contribution in [1.82, 2.24) is 0 Å². The summed E-state index contributed by atoms with van der Waals surface area (Å²) in [6.07, 6.45) is 10.6. The quantitative estimate of drug-likeness (QED) is 0.846. The number of halogens is 1. The van der Waals surface area contributed by atoms with Gasteiger partial charge < -0.3 is 16.2 Å². The Labute approximate surface area is 159 Å². The summed E-state index contributed by atoms with van der Waals surface area (Å²) in [4.78, 5) is 10.7. The molecule has 4 rings (SSSR count). The van der Waals surface area contributed by atoms with Gasteiger partial charge in [-0.3, -0.25) is 4.90 Å². The number of aliphatic imine (C=N–C) groups is 2. The number of nitrogens with zero attached hydrogens (tertiary/aromatic N) is 3. The minimum absolute atomic E-state index is 0.154. The number of guanidine groups is 2. The van der Waals surface area contributed by atoms with Crippen LogP contribution in [0.4, 0.5) is 10.1 Å². The van der Waals surface area contributed by atoms with E-state index in [0.29, 0.717) is 11.4 Å². The summed E-state index contributed by atoms with van der Waals surface area (Å²) >= 11 is 0. The molecule has 1 aromatic carbocycles. The fourth-order valence-electron chi connectivity index (χ4n) is 4.60. The molecule has 2 aliphatic carbocycles. The van der Waals surface area contributed by atoms with Gasteiger partial charge >= 0.3 is 0 Å². The zero-order valence-electron chi connectivity index (χ0n) is 15.7. The van der Waals surface area contributed by atoms with Gasteiger partial charge in [-0.15, -0.1) is 0 Å². The van der Waals surface area contributed by atoms with E-state index < -0.39 is 5.66 Å². The predicted molar refractivity (Wildman–Crippen MR) is 105 cm³/mol. The highest BCUT2D eigenvalue weighted by Gasteiger charge is 2.43.